The molecule has 2 saturated heterocycles. The fourth-order valence-electron chi connectivity index (χ4n) is 5.25. The SMILES string of the molecule is CC(=O)N1C[C@H]2CN(S(=O)(=O)CC3CCCC3)C[C@H]2[C@H]1c1cccc(F)c1. The van der Waals surface area contributed by atoms with Crippen LogP contribution in [-0.4, -0.2) is 48.9 Å². The van der Waals surface area contributed by atoms with Crippen LogP contribution in [0.5, 0.6) is 0 Å². The van der Waals surface area contributed by atoms with Gasteiger partial charge in [-0.05, 0) is 42.4 Å². The normalized spacial score (nSPS) is 29.4. The van der Waals surface area contributed by atoms with Gasteiger partial charge < -0.3 is 4.90 Å². The Labute approximate surface area is 160 Å². The van der Waals surface area contributed by atoms with Gasteiger partial charge in [0.05, 0.1) is 11.8 Å². The molecule has 4 rings (SSSR count). The van der Waals surface area contributed by atoms with Crippen molar-refractivity contribution in [1.82, 2.24) is 9.21 Å². The van der Waals surface area contributed by atoms with Crippen molar-refractivity contribution < 1.29 is 17.6 Å². The first-order valence-corrected chi connectivity index (χ1v) is 11.5. The van der Waals surface area contributed by atoms with Crippen LogP contribution in [0.4, 0.5) is 4.39 Å². The Kier molecular flexibility index (Phi) is 5.01. The van der Waals surface area contributed by atoms with Crippen LogP contribution >= 0.6 is 0 Å². The van der Waals surface area contributed by atoms with Crippen LogP contribution in [0, 0.1) is 23.6 Å². The van der Waals surface area contributed by atoms with E-state index in [0.29, 0.717) is 19.6 Å². The molecule has 3 atom stereocenters. The Morgan fingerprint density at radius 3 is 2.59 bits per heavy atom. The molecule has 3 aliphatic rings. The fraction of sp³-hybridized carbons (Fsp3) is 0.650. The first kappa shape index (κ1) is 18.9. The molecular weight excluding hydrogens is 367 g/mol. The molecule has 7 heteroatoms. The third kappa shape index (κ3) is 3.63. The van der Waals surface area contributed by atoms with E-state index in [1.807, 2.05) is 6.07 Å². The lowest BCUT2D eigenvalue weighted by atomic mass is 9.89. The van der Waals surface area contributed by atoms with Crippen molar-refractivity contribution in [2.45, 2.75) is 38.6 Å². The molecule has 1 aromatic carbocycles. The Morgan fingerprint density at radius 2 is 1.93 bits per heavy atom. The van der Waals surface area contributed by atoms with Crippen molar-refractivity contribution in [2.75, 3.05) is 25.4 Å². The van der Waals surface area contributed by atoms with Crippen molar-refractivity contribution in [3.8, 4) is 0 Å². The number of sulfonamides is 1. The summed E-state index contributed by atoms with van der Waals surface area (Å²) < 4.78 is 41.2. The van der Waals surface area contributed by atoms with Gasteiger partial charge in [-0.1, -0.05) is 25.0 Å². The highest BCUT2D eigenvalue weighted by atomic mass is 32.2. The number of halogens is 1. The molecule has 0 spiro atoms. The predicted molar refractivity (Wildman–Crippen MR) is 101 cm³/mol. The minimum absolute atomic E-state index is 0.0223. The number of rotatable bonds is 4. The Hall–Kier alpha value is -1.47. The molecule has 0 aromatic heterocycles. The largest absolute Gasteiger partial charge is 0.335 e. The highest BCUT2D eigenvalue weighted by Crippen LogP contribution is 2.46. The Balaban J connectivity index is 1.55. The first-order chi connectivity index (χ1) is 12.8. The van der Waals surface area contributed by atoms with E-state index >= 15 is 0 Å². The first-order valence-electron chi connectivity index (χ1n) is 9.85. The summed E-state index contributed by atoms with van der Waals surface area (Å²) in [6, 6.07) is 6.09. The molecule has 3 fully saturated rings. The molecule has 5 nitrogen and oxygen atoms in total. The third-order valence-electron chi connectivity index (χ3n) is 6.54. The minimum atomic E-state index is -3.28. The summed E-state index contributed by atoms with van der Waals surface area (Å²) in [6.07, 6.45) is 4.26. The molecule has 1 saturated carbocycles. The molecule has 27 heavy (non-hydrogen) atoms. The van der Waals surface area contributed by atoms with Crippen LogP contribution in [-0.2, 0) is 14.8 Å². The van der Waals surface area contributed by atoms with Gasteiger partial charge in [-0.2, -0.15) is 0 Å². The molecule has 1 aliphatic carbocycles. The molecule has 2 aliphatic heterocycles. The topological polar surface area (TPSA) is 57.7 Å². The Bertz CT molecular complexity index is 822. The highest BCUT2D eigenvalue weighted by molar-refractivity contribution is 7.89. The summed E-state index contributed by atoms with van der Waals surface area (Å²) in [5.74, 6) is 0.285. The number of nitrogens with zero attached hydrogens (tertiary/aromatic N) is 2. The summed E-state index contributed by atoms with van der Waals surface area (Å²) in [4.78, 5) is 13.9. The lowest BCUT2D eigenvalue weighted by molar-refractivity contribution is -0.130. The zero-order valence-corrected chi connectivity index (χ0v) is 16.5. The maximum absolute atomic E-state index is 13.8. The quantitative estimate of drug-likeness (QED) is 0.789. The van der Waals surface area contributed by atoms with Gasteiger partial charge >= 0.3 is 0 Å². The lowest BCUT2D eigenvalue weighted by Crippen LogP contribution is -2.38. The van der Waals surface area contributed by atoms with Gasteiger partial charge in [-0.25, -0.2) is 17.1 Å². The van der Waals surface area contributed by atoms with E-state index in [1.54, 1.807) is 15.3 Å². The number of amides is 1. The van der Waals surface area contributed by atoms with Gasteiger partial charge in [0, 0.05) is 32.5 Å². The highest BCUT2D eigenvalue weighted by Gasteiger charge is 2.51. The van der Waals surface area contributed by atoms with Crippen molar-refractivity contribution in [2.24, 2.45) is 17.8 Å². The van der Waals surface area contributed by atoms with Gasteiger partial charge in [-0.3, -0.25) is 4.79 Å². The molecule has 2 heterocycles. The van der Waals surface area contributed by atoms with Crippen molar-refractivity contribution >= 4 is 15.9 Å². The third-order valence-corrected chi connectivity index (χ3v) is 8.52. The Morgan fingerprint density at radius 1 is 1.19 bits per heavy atom. The van der Waals surface area contributed by atoms with Gasteiger partial charge in [0.2, 0.25) is 15.9 Å². The summed E-state index contributed by atoms with van der Waals surface area (Å²) in [7, 11) is -3.28. The summed E-state index contributed by atoms with van der Waals surface area (Å²) in [6.45, 7) is 2.96. The molecule has 0 bridgehead atoms. The number of fused-ring (bicyclic) bond motifs is 1. The van der Waals surface area contributed by atoms with Gasteiger partial charge in [-0.15, -0.1) is 0 Å². The second-order valence-corrected chi connectivity index (χ2v) is 10.4. The van der Waals surface area contributed by atoms with E-state index in [4.69, 9.17) is 0 Å². The van der Waals surface area contributed by atoms with Crippen LogP contribution in [0.1, 0.15) is 44.2 Å². The van der Waals surface area contributed by atoms with E-state index in [0.717, 1.165) is 31.2 Å². The van der Waals surface area contributed by atoms with Crippen molar-refractivity contribution in [3.63, 3.8) is 0 Å². The van der Waals surface area contributed by atoms with E-state index in [2.05, 4.69) is 0 Å². The average molecular weight is 395 g/mol. The van der Waals surface area contributed by atoms with Crippen LogP contribution in [0.2, 0.25) is 0 Å². The fourth-order valence-corrected chi connectivity index (χ4v) is 7.21. The van der Waals surface area contributed by atoms with Crippen LogP contribution in [0.15, 0.2) is 24.3 Å². The smallest absolute Gasteiger partial charge is 0.219 e. The number of hydrogen-bond acceptors (Lipinski definition) is 3. The number of likely N-dealkylation sites (tertiary alicyclic amines) is 1. The predicted octanol–water partition coefficient (Wildman–Crippen LogP) is 2.80. The monoisotopic (exact) mass is 394 g/mol. The van der Waals surface area contributed by atoms with E-state index in [9.17, 15) is 17.6 Å². The van der Waals surface area contributed by atoms with Crippen LogP contribution < -0.4 is 0 Å². The van der Waals surface area contributed by atoms with E-state index in [1.165, 1.54) is 19.1 Å². The zero-order valence-electron chi connectivity index (χ0n) is 15.7. The maximum atomic E-state index is 13.8. The molecule has 1 aromatic rings. The summed E-state index contributed by atoms with van der Waals surface area (Å²) in [5.41, 5.74) is 0.757. The molecule has 0 N–H and O–H groups in total. The number of benzene rings is 1. The van der Waals surface area contributed by atoms with Crippen molar-refractivity contribution in [1.29, 1.82) is 0 Å². The van der Waals surface area contributed by atoms with Gasteiger partial charge in [0.1, 0.15) is 5.82 Å². The number of hydrogen-bond donors (Lipinski definition) is 0. The molecule has 148 valence electrons. The molecular formula is C20H27FN2O3S. The second kappa shape index (κ2) is 7.17. The minimum Gasteiger partial charge on any atom is -0.335 e. The standard InChI is InChI=1S/C20H27FN2O3S/c1-14(24)23-11-17-10-22(27(25,26)13-15-5-2-3-6-15)12-19(17)20(23)16-7-4-8-18(21)9-16/h4,7-9,15,17,19-20H,2-3,5-6,10-13H2,1H3/t17-,19-,20-/m1/s1. The number of carbonyl (C=O) groups excluding carboxylic acids is 1. The van der Waals surface area contributed by atoms with Crippen LogP contribution in [0.25, 0.3) is 0 Å². The number of carbonyl (C=O) groups is 1. The molecule has 1 amide bonds. The zero-order chi connectivity index (χ0) is 19.2. The second-order valence-electron chi connectivity index (χ2n) is 8.34. The van der Waals surface area contributed by atoms with Gasteiger partial charge in [0.25, 0.3) is 0 Å². The summed E-state index contributed by atoms with van der Waals surface area (Å²) in [5, 5.41) is 0. The average Bonchev–Trinajstić information content (AvgIpc) is 3.29. The van der Waals surface area contributed by atoms with E-state index < -0.39 is 10.0 Å². The van der Waals surface area contributed by atoms with Crippen molar-refractivity contribution in [3.05, 3.63) is 35.6 Å². The van der Waals surface area contributed by atoms with Gasteiger partial charge in [0.15, 0.2) is 0 Å². The van der Waals surface area contributed by atoms with Crippen LogP contribution in [0.3, 0.4) is 0 Å². The maximum Gasteiger partial charge on any atom is 0.219 e. The summed E-state index contributed by atoms with van der Waals surface area (Å²) >= 11 is 0. The lowest BCUT2D eigenvalue weighted by Gasteiger charge is -2.29. The molecule has 0 radical (unpaired) electrons. The molecule has 0 unspecified atom stereocenters. The van der Waals surface area contributed by atoms with E-state index in [-0.39, 0.29) is 41.3 Å².